The second kappa shape index (κ2) is 14.5. The highest BCUT2D eigenvalue weighted by Gasteiger charge is 2.62. The van der Waals surface area contributed by atoms with E-state index in [1.165, 1.54) is 11.0 Å². The van der Waals surface area contributed by atoms with Gasteiger partial charge in [-0.3, -0.25) is 23.9 Å². The van der Waals surface area contributed by atoms with Gasteiger partial charge in [0.2, 0.25) is 27.7 Å². The Morgan fingerprint density at radius 3 is 2.60 bits per heavy atom. The summed E-state index contributed by atoms with van der Waals surface area (Å²) in [5.74, 6) is 3.49. The molecule has 0 spiro atoms. The minimum atomic E-state index is -3.90. The molecule has 3 heterocycles. The molecule has 5 amide bonds. The number of nitrogens with one attached hydrogen (secondary N) is 3. The number of sulfonamides is 1. The zero-order chi connectivity index (χ0) is 37.4. The van der Waals surface area contributed by atoms with Crippen LogP contribution in [0.2, 0.25) is 0 Å². The molecular weight excluding hydrogens is 691 g/mol. The fraction of sp³-hybridized carbons (Fsp3) is 0.595. The molecule has 1 saturated heterocycles. The van der Waals surface area contributed by atoms with Gasteiger partial charge in [-0.25, -0.2) is 13.2 Å². The molecule has 280 valence electrons. The second-order valence-corrected chi connectivity index (χ2v) is 17.3. The second-order valence-electron chi connectivity index (χ2n) is 15.4. The van der Waals surface area contributed by atoms with Crippen LogP contribution in [0.3, 0.4) is 0 Å². The third kappa shape index (κ3) is 7.97. The largest absolute Gasteiger partial charge is 0.450 e. The zero-order valence-electron chi connectivity index (χ0n) is 29.9. The number of hydrogen-bond donors (Lipinski definition) is 3. The van der Waals surface area contributed by atoms with E-state index in [0.717, 1.165) is 16.7 Å². The van der Waals surface area contributed by atoms with Crippen LogP contribution in [0.5, 0.6) is 0 Å². The first-order valence-corrected chi connectivity index (χ1v) is 19.4. The SMILES string of the molecule is C=C[C@@H]1C[C@]1(NC(=O)[C@@H]1C[C@@H]2CN1C(=O)[C@H](C(C)(C)C)NC(=O)OCCCCC#Cc1cccc3c1CN(C3)C(=O)CO2)C(=O)NS(=O)(=O)C1CC1. The van der Waals surface area contributed by atoms with E-state index in [-0.39, 0.29) is 38.5 Å². The Kier molecular flexibility index (Phi) is 10.4. The first-order valence-electron chi connectivity index (χ1n) is 17.9. The van der Waals surface area contributed by atoms with Gasteiger partial charge in [-0.1, -0.05) is 50.8 Å². The molecule has 4 bridgehead atoms. The molecule has 3 fully saturated rings. The first kappa shape index (κ1) is 37.3. The standard InChI is InChI=1S/C37H47N5O9S/c1-5-25-18-37(25,34(46)40-52(48,49)27-14-15-27)39-32(44)29-17-26-20-42(29)33(45)31(36(2,3)4)38-35(47)50-16-9-7-6-8-11-23-12-10-13-24-19-41(21-28(23)24)30(43)22-51-26/h5,10,12-13,25-27,29,31H,1,6-7,9,14-22H2,2-4H3,(H,38,47)(H,39,44)(H,40,46)/t25-,26-,29+,31-,37-/m1/s1. The molecule has 5 aliphatic rings. The van der Waals surface area contributed by atoms with E-state index < -0.39 is 74.1 Å². The van der Waals surface area contributed by atoms with Crippen LogP contribution in [0, 0.1) is 23.2 Å². The van der Waals surface area contributed by atoms with Crippen LogP contribution in [0.1, 0.15) is 82.4 Å². The van der Waals surface area contributed by atoms with Crippen LogP contribution in [-0.4, -0.2) is 96.7 Å². The van der Waals surface area contributed by atoms with Crippen molar-refractivity contribution in [1.29, 1.82) is 0 Å². The van der Waals surface area contributed by atoms with Crippen LogP contribution >= 0.6 is 0 Å². The topological polar surface area (TPSA) is 181 Å². The molecule has 0 aromatic heterocycles. The van der Waals surface area contributed by atoms with E-state index in [9.17, 15) is 32.4 Å². The van der Waals surface area contributed by atoms with Crippen LogP contribution in [-0.2, 0) is 51.8 Å². The van der Waals surface area contributed by atoms with Gasteiger partial charge in [0.25, 0.3) is 5.91 Å². The number of rotatable bonds is 6. The summed E-state index contributed by atoms with van der Waals surface area (Å²) in [5, 5.41) is 4.79. The fourth-order valence-corrected chi connectivity index (χ4v) is 8.40. The Morgan fingerprint density at radius 1 is 1.13 bits per heavy atom. The number of amides is 5. The average Bonchev–Trinajstić information content (AvgIpc) is 3.98. The van der Waals surface area contributed by atoms with E-state index >= 15 is 0 Å². The van der Waals surface area contributed by atoms with E-state index in [1.54, 1.807) is 25.7 Å². The molecule has 1 aromatic rings. The van der Waals surface area contributed by atoms with Crippen molar-refractivity contribution in [2.45, 2.75) is 108 Å². The lowest BCUT2D eigenvalue weighted by Gasteiger charge is -2.35. The number of hydrogen-bond acceptors (Lipinski definition) is 9. The Bertz CT molecular complexity index is 1830. The maximum atomic E-state index is 14.3. The van der Waals surface area contributed by atoms with Crippen LogP contribution in [0.4, 0.5) is 4.79 Å². The van der Waals surface area contributed by atoms with Gasteiger partial charge >= 0.3 is 6.09 Å². The molecular formula is C37H47N5O9S. The molecule has 15 heteroatoms. The monoisotopic (exact) mass is 737 g/mol. The molecule has 5 atom stereocenters. The summed E-state index contributed by atoms with van der Waals surface area (Å²) < 4.78 is 38.9. The smallest absolute Gasteiger partial charge is 0.407 e. The van der Waals surface area contributed by atoms with Crippen molar-refractivity contribution < 1.29 is 41.9 Å². The lowest BCUT2D eigenvalue weighted by atomic mass is 9.85. The van der Waals surface area contributed by atoms with Crippen molar-refractivity contribution in [1.82, 2.24) is 25.2 Å². The third-order valence-electron chi connectivity index (χ3n) is 10.4. The maximum absolute atomic E-state index is 14.3. The number of carbonyl (C=O) groups excluding carboxylic acids is 5. The molecule has 1 aromatic carbocycles. The Balaban J connectivity index is 1.25. The van der Waals surface area contributed by atoms with Crippen molar-refractivity contribution in [3.05, 3.63) is 47.5 Å². The molecule has 3 aliphatic heterocycles. The van der Waals surface area contributed by atoms with Gasteiger partial charge in [-0.2, -0.15) is 0 Å². The number of nitrogens with zero attached hydrogens (tertiary/aromatic N) is 2. The lowest BCUT2D eigenvalue weighted by molar-refractivity contribution is -0.143. The van der Waals surface area contributed by atoms with Crippen molar-refractivity contribution in [2.24, 2.45) is 11.3 Å². The quantitative estimate of drug-likeness (QED) is 0.290. The summed E-state index contributed by atoms with van der Waals surface area (Å²) >= 11 is 0. The predicted octanol–water partition coefficient (Wildman–Crippen LogP) is 1.86. The Hall–Kier alpha value is -4.42. The molecule has 6 rings (SSSR count). The summed E-state index contributed by atoms with van der Waals surface area (Å²) in [6, 6.07) is 3.53. The van der Waals surface area contributed by atoms with Crippen molar-refractivity contribution in [3.8, 4) is 11.8 Å². The number of carbonyl (C=O) groups is 5. The van der Waals surface area contributed by atoms with Crippen molar-refractivity contribution >= 4 is 39.7 Å². The van der Waals surface area contributed by atoms with E-state index in [2.05, 4.69) is 33.8 Å². The van der Waals surface area contributed by atoms with Crippen molar-refractivity contribution in [2.75, 3.05) is 19.8 Å². The van der Waals surface area contributed by atoms with Gasteiger partial charge < -0.3 is 29.9 Å². The normalized spacial score (nSPS) is 28.4. The summed E-state index contributed by atoms with van der Waals surface area (Å²) in [6.07, 6.45) is 2.80. The maximum Gasteiger partial charge on any atom is 0.407 e. The molecule has 0 radical (unpaired) electrons. The third-order valence-corrected chi connectivity index (χ3v) is 12.2. The highest BCUT2D eigenvalue weighted by molar-refractivity contribution is 7.91. The fourth-order valence-electron chi connectivity index (χ4n) is 7.04. The van der Waals surface area contributed by atoms with Gasteiger partial charge in [0.15, 0.2) is 0 Å². The molecule has 52 heavy (non-hydrogen) atoms. The van der Waals surface area contributed by atoms with Crippen LogP contribution in [0.15, 0.2) is 30.9 Å². The van der Waals surface area contributed by atoms with Gasteiger partial charge in [-0.05, 0) is 54.7 Å². The zero-order valence-corrected chi connectivity index (χ0v) is 30.7. The molecule has 3 N–H and O–H groups in total. The molecule has 0 unspecified atom stereocenters. The van der Waals surface area contributed by atoms with Crippen LogP contribution in [0.25, 0.3) is 0 Å². The summed E-state index contributed by atoms with van der Waals surface area (Å²) in [5.41, 5.74) is 0.463. The van der Waals surface area contributed by atoms with Gasteiger partial charge in [-0.15, -0.1) is 6.58 Å². The van der Waals surface area contributed by atoms with Gasteiger partial charge in [0, 0.05) is 44.0 Å². The van der Waals surface area contributed by atoms with E-state index in [4.69, 9.17) is 9.47 Å². The Labute approximate surface area is 304 Å². The van der Waals surface area contributed by atoms with Crippen LogP contribution < -0.4 is 15.4 Å². The molecule has 2 saturated carbocycles. The van der Waals surface area contributed by atoms with Gasteiger partial charge in [0.1, 0.15) is 24.2 Å². The number of alkyl carbamates (subject to hydrolysis) is 1. The summed E-state index contributed by atoms with van der Waals surface area (Å²) in [4.78, 5) is 71.2. The predicted molar refractivity (Wildman–Crippen MR) is 188 cm³/mol. The number of ether oxygens (including phenoxy) is 2. The van der Waals surface area contributed by atoms with Crippen molar-refractivity contribution in [3.63, 3.8) is 0 Å². The van der Waals surface area contributed by atoms with E-state index in [0.29, 0.717) is 45.2 Å². The minimum Gasteiger partial charge on any atom is -0.450 e. The van der Waals surface area contributed by atoms with E-state index in [1.807, 2.05) is 18.2 Å². The minimum absolute atomic E-state index is 0.0110. The lowest BCUT2D eigenvalue weighted by Crippen LogP contribution is -2.60. The number of cyclic esters (lactones) is 1. The number of benzene rings is 1. The highest BCUT2D eigenvalue weighted by atomic mass is 32.2. The number of fused-ring (bicyclic) bond motifs is 3. The summed E-state index contributed by atoms with van der Waals surface area (Å²) in [6.45, 7) is 9.58. The Morgan fingerprint density at radius 2 is 1.90 bits per heavy atom. The average molecular weight is 738 g/mol. The molecule has 2 aliphatic carbocycles. The highest BCUT2D eigenvalue weighted by Crippen LogP contribution is 2.45. The molecule has 14 nitrogen and oxygen atoms in total. The first-order chi connectivity index (χ1) is 24.6. The van der Waals surface area contributed by atoms with Gasteiger partial charge in [0.05, 0.1) is 18.0 Å². The summed E-state index contributed by atoms with van der Waals surface area (Å²) in [7, 11) is -3.90.